The van der Waals surface area contributed by atoms with Gasteiger partial charge in [0.1, 0.15) is 0 Å². The molecule has 0 N–H and O–H groups in total. The van der Waals surface area contributed by atoms with E-state index in [1.807, 2.05) is 6.07 Å². The van der Waals surface area contributed by atoms with Crippen LogP contribution in [0.5, 0.6) is 0 Å². The van der Waals surface area contributed by atoms with Gasteiger partial charge in [-0.3, -0.25) is 0 Å². The Bertz CT molecular complexity index is 1020. The molecule has 1 aliphatic rings. The quantitative estimate of drug-likeness (QED) is 0.470. The molecule has 0 spiro atoms. The largest absolute Gasteiger partial charge is 0.248 e. The van der Waals surface area contributed by atoms with Crippen molar-refractivity contribution in [3.8, 4) is 11.3 Å². The van der Waals surface area contributed by atoms with Crippen molar-refractivity contribution >= 4 is 21.7 Å². The Hall–Kier alpha value is -2.67. The molecule has 4 aromatic rings. The fraction of sp³-hybridized carbons (Fsp3) is 0.0952. The zero-order valence-electron chi connectivity index (χ0n) is 12.2. The zero-order chi connectivity index (χ0) is 14.5. The third-order valence-electron chi connectivity index (χ3n) is 4.75. The number of rotatable bonds is 1. The Kier molecular flexibility index (Phi) is 2.39. The lowest BCUT2D eigenvalue weighted by Gasteiger charge is -2.09. The van der Waals surface area contributed by atoms with Crippen molar-refractivity contribution in [1.29, 1.82) is 0 Å². The maximum atomic E-state index is 4.88. The molecule has 1 aromatic heterocycles. The highest BCUT2D eigenvalue weighted by atomic mass is 14.7. The molecule has 1 heterocycles. The van der Waals surface area contributed by atoms with Crippen LogP contribution in [0.2, 0.25) is 0 Å². The van der Waals surface area contributed by atoms with Gasteiger partial charge < -0.3 is 0 Å². The standard InChI is InChI=1S/C21H15N/c1-2-7-19-14(4-1)11-13-20(22-19)17-12-10-16-9-8-15-5-3-6-18(17)21(15)16/h1-7,10-13H,8-9H2. The van der Waals surface area contributed by atoms with Gasteiger partial charge in [0.2, 0.25) is 0 Å². The van der Waals surface area contributed by atoms with Crippen LogP contribution in [0, 0.1) is 0 Å². The van der Waals surface area contributed by atoms with Crippen molar-refractivity contribution < 1.29 is 0 Å². The van der Waals surface area contributed by atoms with E-state index in [0.717, 1.165) is 11.2 Å². The Labute approximate surface area is 129 Å². The first-order valence-corrected chi connectivity index (χ1v) is 7.80. The highest BCUT2D eigenvalue weighted by Gasteiger charge is 2.16. The van der Waals surface area contributed by atoms with Gasteiger partial charge >= 0.3 is 0 Å². The maximum absolute atomic E-state index is 4.88. The summed E-state index contributed by atoms with van der Waals surface area (Å²) in [6.07, 6.45) is 2.34. The smallest absolute Gasteiger partial charge is 0.0715 e. The number of hydrogen-bond donors (Lipinski definition) is 0. The zero-order valence-corrected chi connectivity index (χ0v) is 12.2. The molecule has 0 saturated carbocycles. The van der Waals surface area contributed by atoms with Gasteiger partial charge in [-0.05, 0) is 46.9 Å². The number of aryl methyl sites for hydroxylation is 2. The van der Waals surface area contributed by atoms with E-state index < -0.39 is 0 Å². The third kappa shape index (κ3) is 1.62. The first-order valence-electron chi connectivity index (χ1n) is 7.80. The van der Waals surface area contributed by atoms with Crippen LogP contribution in [0.15, 0.2) is 66.7 Å². The second kappa shape index (κ2) is 4.41. The van der Waals surface area contributed by atoms with Crippen molar-refractivity contribution in [1.82, 2.24) is 4.98 Å². The molecule has 22 heavy (non-hydrogen) atoms. The van der Waals surface area contributed by atoms with E-state index >= 15 is 0 Å². The topological polar surface area (TPSA) is 12.9 Å². The van der Waals surface area contributed by atoms with Crippen molar-refractivity contribution in [2.45, 2.75) is 12.8 Å². The minimum atomic E-state index is 1.06. The lowest BCUT2D eigenvalue weighted by atomic mass is 9.97. The van der Waals surface area contributed by atoms with Gasteiger partial charge in [-0.25, -0.2) is 4.98 Å². The van der Waals surface area contributed by atoms with Crippen LogP contribution in [-0.2, 0) is 12.8 Å². The first kappa shape index (κ1) is 11.9. The van der Waals surface area contributed by atoms with Gasteiger partial charge in [-0.1, -0.05) is 54.6 Å². The summed E-state index contributed by atoms with van der Waals surface area (Å²) in [4.78, 5) is 4.88. The highest BCUT2D eigenvalue weighted by Crippen LogP contribution is 2.36. The number of para-hydroxylation sites is 1. The summed E-state index contributed by atoms with van der Waals surface area (Å²) in [5.41, 5.74) is 6.33. The van der Waals surface area contributed by atoms with Gasteiger partial charge in [0.15, 0.2) is 0 Å². The molecule has 0 aliphatic heterocycles. The predicted octanol–water partition coefficient (Wildman–Crippen LogP) is 5.15. The van der Waals surface area contributed by atoms with Crippen LogP contribution in [-0.4, -0.2) is 4.98 Å². The lowest BCUT2D eigenvalue weighted by molar-refractivity contribution is 1.02. The molecular weight excluding hydrogens is 266 g/mol. The van der Waals surface area contributed by atoms with E-state index in [1.54, 1.807) is 0 Å². The maximum Gasteiger partial charge on any atom is 0.0715 e. The Morgan fingerprint density at radius 2 is 1.55 bits per heavy atom. The molecule has 5 rings (SSSR count). The van der Waals surface area contributed by atoms with Crippen LogP contribution in [0.1, 0.15) is 11.1 Å². The fourth-order valence-electron chi connectivity index (χ4n) is 3.69. The average Bonchev–Trinajstić information content (AvgIpc) is 3.00. The van der Waals surface area contributed by atoms with E-state index in [4.69, 9.17) is 4.98 Å². The van der Waals surface area contributed by atoms with E-state index in [0.29, 0.717) is 0 Å². The summed E-state index contributed by atoms with van der Waals surface area (Å²) in [6.45, 7) is 0. The number of nitrogens with zero attached hydrogens (tertiary/aromatic N) is 1. The Morgan fingerprint density at radius 1 is 0.682 bits per heavy atom. The molecule has 0 bridgehead atoms. The van der Waals surface area contributed by atoms with Crippen LogP contribution in [0.25, 0.3) is 32.9 Å². The molecular formula is C21H15N. The van der Waals surface area contributed by atoms with Crippen molar-refractivity contribution in [3.05, 3.63) is 77.9 Å². The van der Waals surface area contributed by atoms with Crippen LogP contribution >= 0.6 is 0 Å². The van der Waals surface area contributed by atoms with Crippen molar-refractivity contribution in [3.63, 3.8) is 0 Å². The summed E-state index contributed by atoms with van der Waals surface area (Å²) < 4.78 is 0. The van der Waals surface area contributed by atoms with Gasteiger partial charge in [0.25, 0.3) is 0 Å². The average molecular weight is 281 g/mol. The van der Waals surface area contributed by atoms with E-state index in [9.17, 15) is 0 Å². The normalized spacial score (nSPS) is 13.1. The molecule has 0 unspecified atom stereocenters. The van der Waals surface area contributed by atoms with Crippen LogP contribution < -0.4 is 0 Å². The summed E-state index contributed by atoms with van der Waals surface area (Å²) in [7, 11) is 0. The summed E-state index contributed by atoms with van der Waals surface area (Å²) in [5, 5.41) is 3.99. The second-order valence-electron chi connectivity index (χ2n) is 6.00. The van der Waals surface area contributed by atoms with Gasteiger partial charge in [-0.15, -0.1) is 0 Å². The van der Waals surface area contributed by atoms with Gasteiger partial charge in [0.05, 0.1) is 11.2 Å². The Morgan fingerprint density at radius 3 is 2.50 bits per heavy atom. The van der Waals surface area contributed by atoms with Gasteiger partial charge in [-0.2, -0.15) is 0 Å². The number of benzene rings is 3. The minimum Gasteiger partial charge on any atom is -0.248 e. The van der Waals surface area contributed by atoms with Crippen molar-refractivity contribution in [2.75, 3.05) is 0 Å². The molecule has 0 radical (unpaired) electrons. The molecule has 3 aromatic carbocycles. The molecule has 1 nitrogen and oxygen atoms in total. The highest BCUT2D eigenvalue weighted by molar-refractivity contribution is 6.01. The number of fused-ring (bicyclic) bond motifs is 1. The number of hydrogen-bond acceptors (Lipinski definition) is 1. The SMILES string of the molecule is c1ccc2nc(-c3ccc4c5c(cccc35)CC4)ccc2c1. The Balaban J connectivity index is 1.83. The van der Waals surface area contributed by atoms with Crippen LogP contribution in [0.4, 0.5) is 0 Å². The lowest BCUT2D eigenvalue weighted by Crippen LogP contribution is -1.88. The molecule has 1 aliphatic carbocycles. The number of pyridine rings is 1. The summed E-state index contributed by atoms with van der Waals surface area (Å²) in [5.74, 6) is 0. The second-order valence-corrected chi connectivity index (χ2v) is 6.00. The molecule has 0 atom stereocenters. The van der Waals surface area contributed by atoms with Gasteiger partial charge in [0, 0.05) is 10.9 Å². The predicted molar refractivity (Wildman–Crippen MR) is 92.1 cm³/mol. The fourth-order valence-corrected chi connectivity index (χ4v) is 3.69. The molecule has 0 amide bonds. The monoisotopic (exact) mass is 281 g/mol. The third-order valence-corrected chi connectivity index (χ3v) is 4.75. The summed E-state index contributed by atoms with van der Waals surface area (Å²) >= 11 is 0. The van der Waals surface area contributed by atoms with E-state index in [1.165, 1.54) is 45.7 Å². The molecule has 1 heteroatoms. The van der Waals surface area contributed by atoms with Crippen LogP contribution in [0.3, 0.4) is 0 Å². The van der Waals surface area contributed by atoms with Crippen molar-refractivity contribution in [2.24, 2.45) is 0 Å². The molecule has 0 fully saturated rings. The number of aromatic nitrogens is 1. The summed E-state index contributed by atoms with van der Waals surface area (Å²) in [6, 6.07) is 23.8. The minimum absolute atomic E-state index is 1.06. The first-order chi connectivity index (χ1) is 10.9. The molecule has 104 valence electrons. The van der Waals surface area contributed by atoms with E-state index in [2.05, 4.69) is 60.7 Å². The molecule has 0 saturated heterocycles. The van der Waals surface area contributed by atoms with E-state index in [-0.39, 0.29) is 0 Å².